The van der Waals surface area contributed by atoms with E-state index in [4.69, 9.17) is 25.1 Å². The Morgan fingerprint density at radius 3 is 2.40 bits per heavy atom. The summed E-state index contributed by atoms with van der Waals surface area (Å²) in [6, 6.07) is 18.1. The van der Waals surface area contributed by atoms with Crippen molar-refractivity contribution in [3.63, 3.8) is 0 Å². The maximum absolute atomic E-state index is 11.1. The molecule has 0 fully saturated rings. The molecule has 1 aromatic heterocycles. The third kappa shape index (κ3) is 11.1. The van der Waals surface area contributed by atoms with Gasteiger partial charge in [0.1, 0.15) is 23.8 Å². The predicted octanol–water partition coefficient (Wildman–Crippen LogP) is 6.22. The Kier molecular flexibility index (Phi) is 12.3. The average Bonchev–Trinajstić information content (AvgIpc) is 2.94. The summed E-state index contributed by atoms with van der Waals surface area (Å²) in [5.41, 5.74) is 8.24. The lowest BCUT2D eigenvalue weighted by molar-refractivity contribution is -0.131. The molecule has 0 saturated heterocycles. The van der Waals surface area contributed by atoms with Crippen molar-refractivity contribution < 1.29 is 28.9 Å². The van der Waals surface area contributed by atoms with E-state index in [2.05, 4.69) is 22.4 Å². The normalized spacial score (nSPS) is 10.8. The van der Waals surface area contributed by atoms with Gasteiger partial charge in [-0.15, -0.1) is 0 Å². The number of nitrogens with zero attached hydrogens (tertiary/aromatic N) is 1. The Labute approximate surface area is 235 Å². The predicted molar refractivity (Wildman–Crippen MR) is 155 cm³/mol. The van der Waals surface area contributed by atoms with Crippen LogP contribution in [-0.2, 0) is 17.8 Å². The number of ether oxygens (including phenoxy) is 3. The van der Waals surface area contributed by atoms with Gasteiger partial charge in [-0.1, -0.05) is 49.9 Å². The number of carboxylic acids is 1. The van der Waals surface area contributed by atoms with E-state index in [1.54, 1.807) is 37.4 Å². The zero-order valence-electron chi connectivity index (χ0n) is 22.8. The zero-order chi connectivity index (χ0) is 28.6. The zero-order valence-corrected chi connectivity index (χ0v) is 22.8. The molecule has 9 heteroatoms. The summed E-state index contributed by atoms with van der Waals surface area (Å²) >= 11 is 0. The largest absolute Gasteiger partial charge is 0.497 e. The van der Waals surface area contributed by atoms with E-state index in [-0.39, 0.29) is 6.61 Å². The summed E-state index contributed by atoms with van der Waals surface area (Å²) in [6.07, 6.45) is 10.1. The summed E-state index contributed by atoms with van der Waals surface area (Å²) in [7, 11) is 1.68. The summed E-state index contributed by atoms with van der Waals surface area (Å²) in [5.74, 6) is 0.622. The number of hydrogen-bond acceptors (Lipinski definition) is 6. The number of amides is 2. The van der Waals surface area contributed by atoms with E-state index in [0.717, 1.165) is 49.5 Å². The second kappa shape index (κ2) is 16.4. The van der Waals surface area contributed by atoms with E-state index in [1.165, 1.54) is 24.5 Å². The van der Waals surface area contributed by atoms with Crippen molar-refractivity contribution in [2.45, 2.75) is 51.6 Å². The van der Waals surface area contributed by atoms with Gasteiger partial charge in [-0.05, 0) is 66.8 Å². The molecule has 0 unspecified atom stereocenters. The van der Waals surface area contributed by atoms with Gasteiger partial charge in [-0.2, -0.15) is 0 Å². The van der Waals surface area contributed by atoms with Crippen molar-refractivity contribution in [1.82, 2.24) is 4.98 Å². The van der Waals surface area contributed by atoms with Crippen molar-refractivity contribution in [1.29, 1.82) is 0 Å². The van der Waals surface area contributed by atoms with E-state index in [9.17, 15) is 9.59 Å². The van der Waals surface area contributed by atoms with Crippen molar-refractivity contribution in [3.8, 4) is 17.4 Å². The molecule has 0 aliphatic heterocycles. The lowest BCUT2D eigenvalue weighted by atomic mass is 10.0. The second-order valence-electron chi connectivity index (χ2n) is 9.25. The molecule has 1 heterocycles. The Hall–Kier alpha value is -4.53. The number of anilines is 1. The first kappa shape index (κ1) is 30.0. The molecule has 0 saturated carbocycles. The highest BCUT2D eigenvalue weighted by molar-refractivity contribution is 5.87. The first-order chi connectivity index (χ1) is 19.4. The van der Waals surface area contributed by atoms with Crippen LogP contribution in [0.5, 0.6) is 17.4 Å². The number of benzene rings is 2. The second-order valence-corrected chi connectivity index (χ2v) is 9.25. The number of aryl methyl sites for hydroxylation is 1. The smallest absolute Gasteiger partial charge is 0.328 e. The van der Waals surface area contributed by atoms with Gasteiger partial charge in [0.2, 0.25) is 5.88 Å². The van der Waals surface area contributed by atoms with Crippen molar-refractivity contribution in [2.24, 2.45) is 5.73 Å². The van der Waals surface area contributed by atoms with Crippen LogP contribution >= 0.6 is 0 Å². The average molecular weight is 548 g/mol. The number of rotatable bonds is 17. The minimum Gasteiger partial charge on any atom is -0.497 e. The molecular formula is C31H37N3O6. The van der Waals surface area contributed by atoms with Gasteiger partial charge >= 0.3 is 12.0 Å². The quantitative estimate of drug-likeness (QED) is 0.135. The van der Waals surface area contributed by atoms with Crippen molar-refractivity contribution in [3.05, 3.63) is 83.6 Å². The molecule has 0 radical (unpaired) electrons. The van der Waals surface area contributed by atoms with Gasteiger partial charge in [-0.25, -0.2) is 14.6 Å². The van der Waals surface area contributed by atoms with Gasteiger partial charge in [0.15, 0.2) is 0 Å². The number of carbonyl (C=O) groups excluding carboxylic acids is 1. The summed E-state index contributed by atoms with van der Waals surface area (Å²) in [6.45, 7) is 0.713. The first-order valence-corrected chi connectivity index (χ1v) is 13.4. The maximum atomic E-state index is 11.1. The maximum Gasteiger partial charge on any atom is 0.328 e. The van der Waals surface area contributed by atoms with Crippen LogP contribution < -0.4 is 25.3 Å². The molecule has 2 aromatic carbocycles. The minimum atomic E-state index is -1.08. The first-order valence-electron chi connectivity index (χ1n) is 13.4. The van der Waals surface area contributed by atoms with Gasteiger partial charge in [0.25, 0.3) is 0 Å². The number of nitrogens with one attached hydrogen (secondary N) is 1. The molecule has 9 nitrogen and oxygen atoms in total. The Morgan fingerprint density at radius 2 is 1.68 bits per heavy atom. The van der Waals surface area contributed by atoms with Gasteiger partial charge < -0.3 is 30.4 Å². The SMILES string of the molecule is COc1ccc(CCCCCCCCOc2ccc(OCc3cccc(NC(N)=O)c3)nc2C=CC(=O)O)cc1. The van der Waals surface area contributed by atoms with Crippen LogP contribution in [0.4, 0.5) is 10.5 Å². The third-order valence-electron chi connectivity index (χ3n) is 6.10. The standard InChI is InChI=1S/C31H37N3O6/c1-38-26-14-12-23(13-15-26)9-6-4-2-3-5-7-20-39-28-17-18-29(34-27(28)16-19-30(35)36)40-22-24-10-8-11-25(21-24)33-31(32)37/h8,10-19,21H,2-7,9,20,22H2,1H3,(H,35,36)(H3,32,33,37). The topological polar surface area (TPSA) is 133 Å². The van der Waals surface area contributed by atoms with Gasteiger partial charge in [0.05, 0.1) is 13.7 Å². The fraction of sp³-hybridized carbons (Fsp3) is 0.323. The number of carboxylic acid groups (broad SMARTS) is 1. The molecule has 4 N–H and O–H groups in total. The number of unbranched alkanes of at least 4 members (excludes halogenated alkanes) is 5. The number of aromatic nitrogens is 1. The molecule has 2 amide bonds. The Morgan fingerprint density at radius 1 is 0.925 bits per heavy atom. The van der Waals surface area contributed by atoms with Crippen molar-refractivity contribution in [2.75, 3.05) is 19.0 Å². The highest BCUT2D eigenvalue weighted by Crippen LogP contribution is 2.23. The Bertz CT molecular complexity index is 1260. The number of methoxy groups -OCH3 is 1. The Balaban J connectivity index is 1.41. The van der Waals surface area contributed by atoms with Crippen LogP contribution in [0.1, 0.15) is 55.3 Å². The van der Waals surface area contributed by atoms with Crippen LogP contribution in [-0.4, -0.2) is 35.8 Å². The summed E-state index contributed by atoms with van der Waals surface area (Å²) in [5, 5.41) is 11.6. The highest BCUT2D eigenvalue weighted by Gasteiger charge is 2.08. The fourth-order valence-corrected chi connectivity index (χ4v) is 4.07. The molecule has 0 aliphatic carbocycles. The molecule has 3 rings (SSSR count). The van der Waals surface area contributed by atoms with Crippen LogP contribution in [0, 0.1) is 0 Å². The lowest BCUT2D eigenvalue weighted by Gasteiger charge is -2.12. The number of nitrogens with two attached hydrogens (primary N) is 1. The van der Waals surface area contributed by atoms with E-state index in [1.807, 2.05) is 18.2 Å². The van der Waals surface area contributed by atoms with Gasteiger partial charge in [-0.3, -0.25) is 0 Å². The minimum absolute atomic E-state index is 0.198. The van der Waals surface area contributed by atoms with Crippen molar-refractivity contribution >= 4 is 23.8 Å². The van der Waals surface area contributed by atoms with Crippen LogP contribution in [0.25, 0.3) is 6.08 Å². The number of primary amides is 1. The van der Waals surface area contributed by atoms with E-state index in [0.29, 0.717) is 29.6 Å². The van der Waals surface area contributed by atoms with Gasteiger partial charge in [0, 0.05) is 17.8 Å². The molecule has 212 valence electrons. The number of hydrogen-bond donors (Lipinski definition) is 3. The summed E-state index contributed by atoms with van der Waals surface area (Å²) in [4.78, 5) is 26.6. The molecule has 0 atom stereocenters. The number of aliphatic carboxylic acids is 1. The number of urea groups is 1. The number of carbonyl (C=O) groups is 2. The highest BCUT2D eigenvalue weighted by atomic mass is 16.5. The molecule has 0 bridgehead atoms. The van der Waals surface area contributed by atoms with Crippen LogP contribution in [0.2, 0.25) is 0 Å². The molecule has 0 spiro atoms. The molecular weight excluding hydrogens is 510 g/mol. The van der Waals surface area contributed by atoms with E-state index >= 15 is 0 Å². The molecule has 0 aliphatic rings. The lowest BCUT2D eigenvalue weighted by Crippen LogP contribution is -2.19. The van der Waals surface area contributed by atoms with E-state index < -0.39 is 12.0 Å². The van der Waals surface area contributed by atoms with Crippen LogP contribution in [0.15, 0.2) is 66.7 Å². The monoisotopic (exact) mass is 547 g/mol. The fourth-order valence-electron chi connectivity index (χ4n) is 4.07. The van der Waals surface area contributed by atoms with Crippen LogP contribution in [0.3, 0.4) is 0 Å². The summed E-state index contributed by atoms with van der Waals surface area (Å²) < 4.78 is 16.9. The third-order valence-corrected chi connectivity index (χ3v) is 6.10. The molecule has 40 heavy (non-hydrogen) atoms. The number of pyridine rings is 1. The molecule has 3 aromatic rings.